The average molecular weight is 392 g/mol. The van der Waals surface area contributed by atoms with Gasteiger partial charge in [-0.3, -0.25) is 4.90 Å². The lowest BCUT2D eigenvalue weighted by Crippen LogP contribution is -2.56. The number of carbonyl (C=O) groups is 3. The second-order valence-corrected chi connectivity index (χ2v) is 7.64. The lowest BCUT2D eigenvalue weighted by molar-refractivity contribution is -0.148. The third-order valence-electron chi connectivity index (χ3n) is 4.24. The van der Waals surface area contributed by atoms with E-state index in [9.17, 15) is 14.4 Å². The van der Waals surface area contributed by atoms with Crippen LogP contribution in [0, 0.1) is 0 Å². The largest absolute Gasteiger partial charge is 0.467 e. The Kier molecular flexibility index (Phi) is 7.25. The highest BCUT2D eigenvalue weighted by Crippen LogP contribution is 2.22. The van der Waals surface area contributed by atoms with Crippen molar-refractivity contribution in [1.82, 2.24) is 10.2 Å². The standard InChI is InChI=1S/C20H28N2O6/c1-20(2,3)28-19(25)22-11-10-15(12-16(22)17(23)26-4)21-18(24)27-13-14-8-6-5-7-9-14/h5-9,15-16H,10-13H2,1-4H3,(H,21,24). The first-order valence-corrected chi connectivity index (χ1v) is 9.24. The molecule has 2 atom stereocenters. The number of likely N-dealkylation sites (tertiary alicyclic amines) is 1. The molecule has 8 heteroatoms. The predicted octanol–water partition coefficient (Wildman–Crippen LogP) is 2.85. The maximum absolute atomic E-state index is 12.4. The van der Waals surface area contributed by atoms with E-state index in [0.29, 0.717) is 6.42 Å². The number of piperidine rings is 1. The van der Waals surface area contributed by atoms with Gasteiger partial charge in [0, 0.05) is 12.6 Å². The van der Waals surface area contributed by atoms with E-state index >= 15 is 0 Å². The van der Waals surface area contributed by atoms with Crippen molar-refractivity contribution < 1.29 is 28.6 Å². The van der Waals surface area contributed by atoms with Crippen LogP contribution in [0.15, 0.2) is 30.3 Å². The molecule has 154 valence electrons. The van der Waals surface area contributed by atoms with Gasteiger partial charge in [-0.15, -0.1) is 0 Å². The van der Waals surface area contributed by atoms with E-state index < -0.39 is 29.8 Å². The molecule has 28 heavy (non-hydrogen) atoms. The van der Waals surface area contributed by atoms with Crippen molar-refractivity contribution in [3.8, 4) is 0 Å². The van der Waals surface area contributed by atoms with Crippen molar-refractivity contribution >= 4 is 18.2 Å². The first-order chi connectivity index (χ1) is 13.2. The lowest BCUT2D eigenvalue weighted by atomic mass is 9.97. The summed E-state index contributed by atoms with van der Waals surface area (Å²) in [5, 5.41) is 2.76. The van der Waals surface area contributed by atoms with Gasteiger partial charge in [-0.1, -0.05) is 30.3 Å². The smallest absolute Gasteiger partial charge is 0.411 e. The van der Waals surface area contributed by atoms with Crippen molar-refractivity contribution in [2.75, 3.05) is 13.7 Å². The van der Waals surface area contributed by atoms with E-state index in [2.05, 4.69) is 5.32 Å². The molecule has 2 unspecified atom stereocenters. The molecule has 2 amide bonds. The van der Waals surface area contributed by atoms with E-state index in [1.807, 2.05) is 30.3 Å². The number of methoxy groups -OCH3 is 1. The first kappa shape index (κ1) is 21.5. The van der Waals surface area contributed by atoms with Crippen molar-refractivity contribution in [2.24, 2.45) is 0 Å². The fraction of sp³-hybridized carbons (Fsp3) is 0.550. The van der Waals surface area contributed by atoms with Crippen LogP contribution in [0.5, 0.6) is 0 Å². The van der Waals surface area contributed by atoms with Gasteiger partial charge in [0.05, 0.1) is 7.11 Å². The fourth-order valence-corrected chi connectivity index (χ4v) is 2.93. The normalized spacial score (nSPS) is 19.5. The molecule has 2 rings (SSSR count). The number of hydrogen-bond acceptors (Lipinski definition) is 6. The lowest BCUT2D eigenvalue weighted by Gasteiger charge is -2.38. The third-order valence-corrected chi connectivity index (χ3v) is 4.24. The van der Waals surface area contributed by atoms with E-state index in [1.165, 1.54) is 12.0 Å². The van der Waals surface area contributed by atoms with Gasteiger partial charge in [0.1, 0.15) is 18.2 Å². The van der Waals surface area contributed by atoms with E-state index in [4.69, 9.17) is 14.2 Å². The molecule has 1 saturated heterocycles. The van der Waals surface area contributed by atoms with Gasteiger partial charge >= 0.3 is 18.2 Å². The summed E-state index contributed by atoms with van der Waals surface area (Å²) in [5.74, 6) is -0.546. The van der Waals surface area contributed by atoms with Crippen molar-refractivity contribution in [3.63, 3.8) is 0 Å². The zero-order valence-electron chi connectivity index (χ0n) is 16.8. The molecule has 0 spiro atoms. The fourth-order valence-electron chi connectivity index (χ4n) is 2.93. The van der Waals surface area contributed by atoms with E-state index in [1.54, 1.807) is 20.8 Å². The Morgan fingerprint density at radius 2 is 1.86 bits per heavy atom. The molecule has 1 aliphatic rings. The van der Waals surface area contributed by atoms with Gasteiger partial charge in [-0.2, -0.15) is 0 Å². The number of carbonyl (C=O) groups excluding carboxylic acids is 3. The van der Waals surface area contributed by atoms with Crippen LogP contribution in [0.25, 0.3) is 0 Å². The zero-order valence-corrected chi connectivity index (χ0v) is 16.8. The maximum Gasteiger partial charge on any atom is 0.411 e. The number of rotatable bonds is 4. The molecular formula is C20H28N2O6. The molecule has 1 N–H and O–H groups in total. The zero-order chi connectivity index (χ0) is 20.7. The molecule has 8 nitrogen and oxygen atoms in total. The number of benzene rings is 1. The van der Waals surface area contributed by atoms with Crippen molar-refractivity contribution in [3.05, 3.63) is 35.9 Å². The molecule has 1 heterocycles. The molecule has 0 aromatic heterocycles. The number of ether oxygens (including phenoxy) is 3. The highest BCUT2D eigenvalue weighted by Gasteiger charge is 2.39. The van der Waals surface area contributed by atoms with Crippen LogP contribution in [0.4, 0.5) is 9.59 Å². The second-order valence-electron chi connectivity index (χ2n) is 7.64. The number of alkyl carbamates (subject to hydrolysis) is 1. The van der Waals surface area contributed by atoms with Crippen LogP contribution in [0.1, 0.15) is 39.2 Å². The molecule has 1 aromatic rings. The van der Waals surface area contributed by atoms with Crippen molar-refractivity contribution in [1.29, 1.82) is 0 Å². The molecule has 1 fully saturated rings. The molecule has 0 aliphatic carbocycles. The van der Waals surface area contributed by atoms with Gasteiger partial charge in [-0.25, -0.2) is 14.4 Å². The summed E-state index contributed by atoms with van der Waals surface area (Å²) in [6, 6.07) is 8.20. The molecule has 1 aliphatic heterocycles. The second kappa shape index (κ2) is 9.43. The minimum absolute atomic E-state index is 0.157. The summed E-state index contributed by atoms with van der Waals surface area (Å²) in [7, 11) is 1.26. The quantitative estimate of drug-likeness (QED) is 0.625. The Bertz CT molecular complexity index is 686. The summed E-state index contributed by atoms with van der Waals surface area (Å²) in [5.41, 5.74) is 0.207. The van der Waals surface area contributed by atoms with Crippen molar-refractivity contribution in [2.45, 2.75) is 57.9 Å². The Morgan fingerprint density at radius 3 is 2.46 bits per heavy atom. The SMILES string of the molecule is COC(=O)C1CC(NC(=O)OCc2ccccc2)CCN1C(=O)OC(C)(C)C. The highest BCUT2D eigenvalue weighted by atomic mass is 16.6. The van der Waals surface area contributed by atoms with Gasteiger partial charge in [-0.05, 0) is 39.2 Å². The minimum atomic E-state index is -0.826. The number of nitrogens with zero attached hydrogens (tertiary/aromatic N) is 1. The summed E-state index contributed by atoms with van der Waals surface area (Å²) in [6.07, 6.45) is -0.435. The summed E-state index contributed by atoms with van der Waals surface area (Å²) in [4.78, 5) is 38.0. The topological polar surface area (TPSA) is 94.2 Å². The Labute approximate surface area is 165 Å². The highest BCUT2D eigenvalue weighted by molar-refractivity contribution is 5.82. The molecule has 1 aromatic carbocycles. The maximum atomic E-state index is 12.4. The van der Waals surface area contributed by atoms with Gasteiger partial charge in [0.15, 0.2) is 0 Å². The van der Waals surface area contributed by atoms with Crippen LogP contribution in [-0.4, -0.2) is 54.4 Å². The summed E-state index contributed by atoms with van der Waals surface area (Å²) >= 11 is 0. The van der Waals surface area contributed by atoms with Crippen LogP contribution in [0.2, 0.25) is 0 Å². The molecule has 0 radical (unpaired) electrons. The van der Waals surface area contributed by atoms with Crippen LogP contribution in [0.3, 0.4) is 0 Å². The van der Waals surface area contributed by atoms with Gasteiger partial charge < -0.3 is 19.5 Å². The van der Waals surface area contributed by atoms with Gasteiger partial charge in [0.2, 0.25) is 0 Å². The summed E-state index contributed by atoms with van der Waals surface area (Å²) < 4.78 is 15.4. The third kappa shape index (κ3) is 6.44. The molecule has 0 bridgehead atoms. The monoisotopic (exact) mass is 392 g/mol. The Morgan fingerprint density at radius 1 is 1.18 bits per heavy atom. The van der Waals surface area contributed by atoms with E-state index in [-0.39, 0.29) is 25.6 Å². The Balaban J connectivity index is 1.93. The Hall–Kier alpha value is -2.77. The van der Waals surface area contributed by atoms with Crippen LogP contribution < -0.4 is 5.32 Å². The van der Waals surface area contributed by atoms with Crippen LogP contribution >= 0.6 is 0 Å². The van der Waals surface area contributed by atoms with Gasteiger partial charge in [0.25, 0.3) is 0 Å². The van der Waals surface area contributed by atoms with E-state index in [0.717, 1.165) is 5.56 Å². The average Bonchev–Trinajstić information content (AvgIpc) is 2.65. The van der Waals surface area contributed by atoms with Crippen LogP contribution in [-0.2, 0) is 25.6 Å². The molecule has 0 saturated carbocycles. The number of esters is 1. The first-order valence-electron chi connectivity index (χ1n) is 9.24. The number of hydrogen-bond donors (Lipinski definition) is 1. The number of amides is 2. The predicted molar refractivity (Wildman–Crippen MR) is 102 cm³/mol. The molecular weight excluding hydrogens is 364 g/mol. The number of nitrogens with one attached hydrogen (secondary N) is 1. The summed E-state index contributed by atoms with van der Waals surface area (Å²) in [6.45, 7) is 5.70. The minimum Gasteiger partial charge on any atom is -0.467 e.